The van der Waals surface area contributed by atoms with Gasteiger partial charge in [-0.3, -0.25) is 0 Å². The van der Waals surface area contributed by atoms with Gasteiger partial charge >= 0.3 is 5.69 Å². The molecular weight excluding hydrogens is 321 g/mol. The molecular formula is C18H14FN5O. The van der Waals surface area contributed by atoms with E-state index in [1.165, 1.54) is 10.5 Å². The molecule has 7 heteroatoms. The maximum Gasteiger partial charge on any atom is 0.350 e. The molecule has 124 valence electrons. The molecule has 0 unspecified atom stereocenters. The molecule has 0 aliphatic rings. The van der Waals surface area contributed by atoms with Crippen molar-refractivity contribution in [2.45, 2.75) is 6.92 Å². The quantitative estimate of drug-likeness (QED) is 0.602. The Morgan fingerprint density at radius 1 is 1.12 bits per heavy atom. The average Bonchev–Trinajstić information content (AvgIpc) is 3.00. The van der Waals surface area contributed by atoms with Crippen molar-refractivity contribution < 1.29 is 4.39 Å². The molecule has 0 saturated carbocycles. The third kappa shape index (κ3) is 2.76. The average molecular weight is 335 g/mol. The smallest absolute Gasteiger partial charge is 0.325 e. The second-order valence-corrected chi connectivity index (χ2v) is 5.64. The number of fused-ring (bicyclic) bond motifs is 1. The van der Waals surface area contributed by atoms with E-state index in [4.69, 9.17) is 0 Å². The lowest BCUT2D eigenvalue weighted by Crippen LogP contribution is -2.14. The first-order chi connectivity index (χ1) is 12.1. The minimum atomic E-state index is -0.400. The van der Waals surface area contributed by atoms with Crippen molar-refractivity contribution in [3.8, 4) is 11.3 Å². The fourth-order valence-corrected chi connectivity index (χ4v) is 2.62. The normalized spacial score (nSPS) is 11.0. The molecule has 0 amide bonds. The molecule has 2 N–H and O–H groups in total. The van der Waals surface area contributed by atoms with E-state index in [9.17, 15) is 9.18 Å². The second-order valence-electron chi connectivity index (χ2n) is 5.64. The van der Waals surface area contributed by atoms with Gasteiger partial charge in [0.1, 0.15) is 5.82 Å². The number of nitrogens with zero attached hydrogens (tertiary/aromatic N) is 3. The van der Waals surface area contributed by atoms with E-state index in [1.54, 1.807) is 25.1 Å². The molecule has 0 bridgehead atoms. The summed E-state index contributed by atoms with van der Waals surface area (Å²) in [6.07, 6.45) is 0. The summed E-state index contributed by atoms with van der Waals surface area (Å²) in [7, 11) is 0. The van der Waals surface area contributed by atoms with Crippen LogP contribution >= 0.6 is 0 Å². The Bertz CT molecular complexity index is 1120. The zero-order valence-electron chi connectivity index (χ0n) is 13.3. The molecule has 0 aliphatic carbocycles. The molecule has 0 spiro atoms. The number of aryl methyl sites for hydroxylation is 1. The Kier molecular flexibility index (Phi) is 3.53. The maximum absolute atomic E-state index is 13.5. The van der Waals surface area contributed by atoms with Gasteiger partial charge in [0.2, 0.25) is 5.95 Å². The lowest BCUT2D eigenvalue weighted by molar-refractivity contribution is 0.619. The Labute approximate surface area is 142 Å². The summed E-state index contributed by atoms with van der Waals surface area (Å²) in [5.41, 5.74) is 2.75. The molecule has 0 aliphatic heterocycles. The van der Waals surface area contributed by atoms with Crippen LogP contribution in [-0.2, 0) is 0 Å². The van der Waals surface area contributed by atoms with Gasteiger partial charge in [-0.1, -0.05) is 30.3 Å². The molecule has 0 saturated heterocycles. The number of anilines is 2. The van der Waals surface area contributed by atoms with Crippen LogP contribution in [0.4, 0.5) is 16.0 Å². The highest BCUT2D eigenvalue weighted by molar-refractivity contribution is 5.67. The van der Waals surface area contributed by atoms with Crippen LogP contribution < -0.4 is 11.0 Å². The molecule has 2 aromatic heterocycles. The predicted octanol–water partition coefficient (Wildman–Crippen LogP) is 3.28. The van der Waals surface area contributed by atoms with Gasteiger partial charge in [0.05, 0.1) is 5.69 Å². The highest BCUT2D eigenvalue weighted by Gasteiger charge is 2.12. The summed E-state index contributed by atoms with van der Waals surface area (Å²) in [6.45, 7) is 1.67. The van der Waals surface area contributed by atoms with Crippen LogP contribution in [-0.4, -0.2) is 19.6 Å². The Morgan fingerprint density at radius 2 is 1.92 bits per heavy atom. The fraction of sp³-hybridized carbons (Fsp3) is 0.0556. The molecule has 0 atom stereocenters. The van der Waals surface area contributed by atoms with Crippen LogP contribution in [0.15, 0.2) is 59.4 Å². The van der Waals surface area contributed by atoms with E-state index in [2.05, 4.69) is 20.5 Å². The van der Waals surface area contributed by atoms with Crippen LogP contribution in [0.1, 0.15) is 5.56 Å². The number of hydrogen-bond donors (Lipinski definition) is 2. The summed E-state index contributed by atoms with van der Waals surface area (Å²) >= 11 is 0. The number of hydrogen-bond acceptors (Lipinski definition) is 4. The van der Waals surface area contributed by atoms with Crippen LogP contribution in [0.2, 0.25) is 0 Å². The number of halogens is 1. The van der Waals surface area contributed by atoms with Crippen molar-refractivity contribution in [1.29, 1.82) is 0 Å². The van der Waals surface area contributed by atoms with Gasteiger partial charge in [-0.15, -0.1) is 0 Å². The van der Waals surface area contributed by atoms with Gasteiger partial charge < -0.3 is 5.32 Å². The fourth-order valence-electron chi connectivity index (χ4n) is 2.62. The van der Waals surface area contributed by atoms with Crippen molar-refractivity contribution in [2.24, 2.45) is 0 Å². The van der Waals surface area contributed by atoms with Crippen molar-refractivity contribution in [2.75, 3.05) is 5.32 Å². The van der Waals surface area contributed by atoms with Crippen LogP contribution in [0, 0.1) is 12.7 Å². The van der Waals surface area contributed by atoms with E-state index in [0.717, 1.165) is 5.56 Å². The predicted molar refractivity (Wildman–Crippen MR) is 93.5 cm³/mol. The van der Waals surface area contributed by atoms with Crippen molar-refractivity contribution in [3.05, 3.63) is 76.5 Å². The van der Waals surface area contributed by atoms with Gasteiger partial charge in [-0.2, -0.15) is 5.10 Å². The van der Waals surface area contributed by atoms with Crippen molar-refractivity contribution in [3.63, 3.8) is 0 Å². The van der Waals surface area contributed by atoms with Crippen molar-refractivity contribution in [1.82, 2.24) is 19.6 Å². The Morgan fingerprint density at radius 3 is 2.68 bits per heavy atom. The summed E-state index contributed by atoms with van der Waals surface area (Å²) in [5, 5.41) is 9.52. The summed E-state index contributed by atoms with van der Waals surface area (Å²) < 4.78 is 14.8. The first-order valence-corrected chi connectivity index (χ1v) is 7.68. The lowest BCUT2D eigenvalue weighted by atomic mass is 10.1. The highest BCUT2D eigenvalue weighted by atomic mass is 19.1. The van der Waals surface area contributed by atoms with E-state index in [-0.39, 0.29) is 5.82 Å². The largest absolute Gasteiger partial charge is 0.350 e. The monoisotopic (exact) mass is 335 g/mol. The molecule has 25 heavy (non-hydrogen) atoms. The Balaban J connectivity index is 1.87. The standard InChI is InChI=1S/C18H14FN5O/c1-11-9-13(7-8-14(11)19)20-17-21-15(12-5-3-2-4-6-12)10-16-22-23-18(25)24(16)17/h2-10H,1H3,(H,20,21)(H,23,25). The van der Waals surface area contributed by atoms with Crippen molar-refractivity contribution >= 4 is 17.3 Å². The van der Waals surface area contributed by atoms with E-state index in [0.29, 0.717) is 28.5 Å². The van der Waals surface area contributed by atoms with E-state index in [1.807, 2.05) is 30.3 Å². The molecule has 2 aromatic carbocycles. The SMILES string of the molecule is Cc1cc(Nc2nc(-c3ccccc3)cc3n[nH]c(=O)n23)ccc1F. The molecule has 6 nitrogen and oxygen atoms in total. The lowest BCUT2D eigenvalue weighted by Gasteiger charge is -2.10. The third-order valence-corrected chi connectivity index (χ3v) is 3.89. The molecule has 0 fully saturated rings. The number of H-pyrrole nitrogens is 1. The number of nitrogens with one attached hydrogen (secondary N) is 2. The third-order valence-electron chi connectivity index (χ3n) is 3.89. The Hall–Kier alpha value is -3.48. The zero-order valence-corrected chi connectivity index (χ0v) is 13.3. The van der Waals surface area contributed by atoms with Gasteiger partial charge in [0, 0.05) is 17.3 Å². The second kappa shape index (κ2) is 5.86. The number of benzene rings is 2. The highest BCUT2D eigenvalue weighted by Crippen LogP contribution is 2.23. The number of aromatic amines is 1. The van der Waals surface area contributed by atoms with Gasteiger partial charge in [-0.05, 0) is 30.7 Å². The minimum absolute atomic E-state index is 0.290. The molecule has 4 rings (SSSR count). The molecule has 2 heterocycles. The van der Waals surface area contributed by atoms with E-state index >= 15 is 0 Å². The van der Waals surface area contributed by atoms with Crippen LogP contribution in [0.3, 0.4) is 0 Å². The summed E-state index contributed by atoms with van der Waals surface area (Å²) in [5.74, 6) is 0.0169. The summed E-state index contributed by atoms with van der Waals surface area (Å²) in [6, 6.07) is 15.9. The molecule has 4 aromatic rings. The first kappa shape index (κ1) is 15.1. The first-order valence-electron chi connectivity index (χ1n) is 7.68. The van der Waals surface area contributed by atoms with Crippen LogP contribution in [0.5, 0.6) is 0 Å². The summed E-state index contributed by atoms with van der Waals surface area (Å²) in [4.78, 5) is 16.6. The molecule has 0 radical (unpaired) electrons. The topological polar surface area (TPSA) is 75.1 Å². The van der Waals surface area contributed by atoms with Crippen LogP contribution in [0.25, 0.3) is 16.9 Å². The van der Waals surface area contributed by atoms with Gasteiger partial charge in [-0.25, -0.2) is 23.7 Å². The van der Waals surface area contributed by atoms with E-state index < -0.39 is 5.69 Å². The number of rotatable bonds is 3. The minimum Gasteiger partial charge on any atom is -0.325 e. The van der Waals surface area contributed by atoms with Gasteiger partial charge in [0.15, 0.2) is 5.65 Å². The maximum atomic E-state index is 13.5. The zero-order chi connectivity index (χ0) is 17.4. The van der Waals surface area contributed by atoms with Gasteiger partial charge in [0.25, 0.3) is 0 Å². The number of aromatic nitrogens is 4.